The molecule has 5 nitrogen and oxygen atoms in total. The van der Waals surface area contributed by atoms with E-state index in [1.54, 1.807) is 11.9 Å². The Morgan fingerprint density at radius 2 is 1.95 bits per heavy atom. The lowest BCUT2D eigenvalue weighted by Gasteiger charge is -2.17. The van der Waals surface area contributed by atoms with Gasteiger partial charge in [-0.2, -0.15) is 0 Å². The van der Waals surface area contributed by atoms with Crippen molar-refractivity contribution in [3.05, 3.63) is 29.8 Å². The molecule has 1 aromatic carbocycles. The number of likely N-dealkylation sites (N-methyl/N-ethyl adjacent to an activating group) is 1. The summed E-state index contributed by atoms with van der Waals surface area (Å²) < 4.78 is 10.6. The van der Waals surface area contributed by atoms with Crippen LogP contribution in [-0.4, -0.2) is 50.8 Å². The number of rotatable bonds is 8. The number of ether oxygens (including phenoxy) is 2. The zero-order chi connectivity index (χ0) is 14.1. The molecule has 0 atom stereocenters. The molecule has 1 rings (SSSR count). The van der Waals surface area contributed by atoms with Gasteiger partial charge in [-0.1, -0.05) is 17.7 Å². The molecule has 1 amide bonds. The second-order valence-electron chi connectivity index (χ2n) is 4.32. The van der Waals surface area contributed by atoms with E-state index in [2.05, 4.69) is 0 Å². The molecule has 0 fully saturated rings. The van der Waals surface area contributed by atoms with Gasteiger partial charge in [-0.25, -0.2) is 0 Å². The van der Waals surface area contributed by atoms with Gasteiger partial charge in [0.25, 0.3) is 0 Å². The minimum absolute atomic E-state index is 0.0677. The average Bonchev–Trinajstić information content (AvgIpc) is 2.41. The van der Waals surface area contributed by atoms with Gasteiger partial charge >= 0.3 is 0 Å². The fraction of sp³-hybridized carbons (Fsp3) is 0.500. The maximum Gasteiger partial charge on any atom is 0.248 e. The molecule has 1 aromatic rings. The lowest BCUT2D eigenvalue weighted by molar-refractivity contribution is -0.135. The number of carbonyl (C=O) groups is 1. The molecule has 5 heteroatoms. The average molecular weight is 266 g/mol. The summed E-state index contributed by atoms with van der Waals surface area (Å²) in [6.45, 7) is 3.91. The van der Waals surface area contributed by atoms with Crippen LogP contribution in [0.5, 0.6) is 5.75 Å². The zero-order valence-electron chi connectivity index (χ0n) is 11.6. The van der Waals surface area contributed by atoms with Gasteiger partial charge < -0.3 is 20.1 Å². The van der Waals surface area contributed by atoms with Crippen LogP contribution in [0, 0.1) is 6.92 Å². The van der Waals surface area contributed by atoms with Crippen LogP contribution >= 0.6 is 0 Å². The Kier molecular flexibility index (Phi) is 6.92. The zero-order valence-corrected chi connectivity index (χ0v) is 11.6. The summed E-state index contributed by atoms with van der Waals surface area (Å²) in [6, 6.07) is 7.82. The van der Waals surface area contributed by atoms with Crippen molar-refractivity contribution in [1.29, 1.82) is 0 Å². The molecule has 0 radical (unpaired) electrons. The fourth-order valence-corrected chi connectivity index (χ4v) is 1.41. The van der Waals surface area contributed by atoms with E-state index in [1.165, 1.54) is 5.56 Å². The highest BCUT2D eigenvalue weighted by atomic mass is 16.5. The van der Waals surface area contributed by atoms with Gasteiger partial charge in [-0.3, -0.25) is 4.79 Å². The Bertz CT molecular complexity index is 379. The second-order valence-corrected chi connectivity index (χ2v) is 4.32. The van der Waals surface area contributed by atoms with E-state index in [1.807, 2.05) is 31.2 Å². The molecule has 0 saturated heterocycles. The summed E-state index contributed by atoms with van der Waals surface area (Å²) in [4.78, 5) is 13.2. The van der Waals surface area contributed by atoms with E-state index in [0.717, 1.165) is 5.75 Å². The molecule has 19 heavy (non-hydrogen) atoms. The fourth-order valence-electron chi connectivity index (χ4n) is 1.41. The summed E-state index contributed by atoms with van der Waals surface area (Å²) in [5.41, 5.74) is 6.47. The first kappa shape index (κ1) is 15.5. The van der Waals surface area contributed by atoms with Crippen molar-refractivity contribution >= 4 is 5.91 Å². The van der Waals surface area contributed by atoms with Crippen molar-refractivity contribution in [2.45, 2.75) is 6.92 Å². The van der Waals surface area contributed by atoms with Crippen LogP contribution < -0.4 is 10.5 Å². The van der Waals surface area contributed by atoms with Crippen LogP contribution in [0.3, 0.4) is 0 Å². The number of hydrogen-bond acceptors (Lipinski definition) is 4. The predicted octanol–water partition coefficient (Wildman–Crippen LogP) is 0.808. The topological polar surface area (TPSA) is 64.8 Å². The highest BCUT2D eigenvalue weighted by molar-refractivity contribution is 5.77. The molecule has 0 aliphatic rings. The minimum atomic E-state index is -0.0686. The van der Waals surface area contributed by atoms with E-state index < -0.39 is 0 Å². The second kappa shape index (κ2) is 8.50. The Morgan fingerprint density at radius 3 is 2.58 bits per heavy atom. The van der Waals surface area contributed by atoms with Crippen LogP contribution in [0.4, 0.5) is 0 Å². The summed E-state index contributed by atoms with van der Waals surface area (Å²) in [6.07, 6.45) is 0. The van der Waals surface area contributed by atoms with Gasteiger partial charge in [-0.05, 0) is 19.1 Å². The summed E-state index contributed by atoms with van der Waals surface area (Å²) in [5.74, 6) is 0.742. The quantitative estimate of drug-likeness (QED) is 0.707. The lowest BCUT2D eigenvalue weighted by atomic mass is 10.2. The molecule has 0 unspecified atom stereocenters. The normalized spacial score (nSPS) is 10.3. The third-order valence-electron chi connectivity index (χ3n) is 2.63. The highest BCUT2D eigenvalue weighted by Crippen LogP contribution is 2.10. The largest absolute Gasteiger partial charge is 0.492 e. The summed E-state index contributed by atoms with van der Waals surface area (Å²) >= 11 is 0. The predicted molar refractivity (Wildman–Crippen MR) is 74.2 cm³/mol. The van der Waals surface area contributed by atoms with E-state index >= 15 is 0 Å². The SMILES string of the molecule is Cc1ccc(OCCN(C)C(=O)COCCN)cc1. The van der Waals surface area contributed by atoms with Crippen LogP contribution in [0.1, 0.15) is 5.56 Å². The maximum atomic E-state index is 11.6. The van der Waals surface area contributed by atoms with Crippen molar-refractivity contribution in [1.82, 2.24) is 4.90 Å². The molecule has 0 spiro atoms. The van der Waals surface area contributed by atoms with E-state index in [0.29, 0.717) is 26.3 Å². The highest BCUT2D eigenvalue weighted by Gasteiger charge is 2.08. The Labute approximate surface area is 114 Å². The summed E-state index contributed by atoms with van der Waals surface area (Å²) in [7, 11) is 1.73. The first-order valence-corrected chi connectivity index (χ1v) is 6.34. The number of benzene rings is 1. The molecular weight excluding hydrogens is 244 g/mol. The third-order valence-corrected chi connectivity index (χ3v) is 2.63. The number of hydrogen-bond donors (Lipinski definition) is 1. The van der Waals surface area contributed by atoms with Gasteiger partial charge in [-0.15, -0.1) is 0 Å². The Hall–Kier alpha value is -1.59. The van der Waals surface area contributed by atoms with Crippen molar-refractivity contribution in [3.63, 3.8) is 0 Å². The van der Waals surface area contributed by atoms with Crippen molar-refractivity contribution in [3.8, 4) is 5.75 Å². The first-order valence-electron chi connectivity index (χ1n) is 6.34. The monoisotopic (exact) mass is 266 g/mol. The molecule has 0 aromatic heterocycles. The number of nitrogens with zero attached hydrogens (tertiary/aromatic N) is 1. The van der Waals surface area contributed by atoms with Crippen LogP contribution in [0.15, 0.2) is 24.3 Å². The number of carbonyl (C=O) groups excluding carboxylic acids is 1. The van der Waals surface area contributed by atoms with Gasteiger partial charge in [0.05, 0.1) is 13.2 Å². The van der Waals surface area contributed by atoms with Gasteiger partial charge in [0.2, 0.25) is 5.91 Å². The molecule has 2 N–H and O–H groups in total. The molecular formula is C14H22N2O3. The molecule has 0 bridgehead atoms. The maximum absolute atomic E-state index is 11.6. The minimum Gasteiger partial charge on any atom is -0.492 e. The molecule has 0 aliphatic heterocycles. The lowest BCUT2D eigenvalue weighted by Crippen LogP contribution is -2.34. The third kappa shape index (κ3) is 6.22. The molecule has 106 valence electrons. The molecule has 0 saturated carbocycles. The molecule has 0 aliphatic carbocycles. The Morgan fingerprint density at radius 1 is 1.26 bits per heavy atom. The number of nitrogens with two attached hydrogens (primary N) is 1. The van der Waals surface area contributed by atoms with E-state index in [4.69, 9.17) is 15.2 Å². The van der Waals surface area contributed by atoms with Crippen molar-refractivity contribution in [2.24, 2.45) is 5.73 Å². The van der Waals surface area contributed by atoms with E-state index in [9.17, 15) is 4.79 Å². The number of aryl methyl sites for hydroxylation is 1. The summed E-state index contributed by atoms with van der Waals surface area (Å²) in [5, 5.41) is 0. The van der Waals surface area contributed by atoms with Crippen LogP contribution in [0.25, 0.3) is 0 Å². The van der Waals surface area contributed by atoms with Gasteiger partial charge in [0, 0.05) is 13.6 Å². The van der Waals surface area contributed by atoms with Gasteiger partial charge in [0.15, 0.2) is 0 Å². The van der Waals surface area contributed by atoms with Crippen LogP contribution in [0.2, 0.25) is 0 Å². The Balaban J connectivity index is 2.20. The van der Waals surface area contributed by atoms with Crippen molar-refractivity contribution < 1.29 is 14.3 Å². The smallest absolute Gasteiger partial charge is 0.248 e. The van der Waals surface area contributed by atoms with E-state index in [-0.39, 0.29) is 12.5 Å². The molecule has 0 heterocycles. The van der Waals surface area contributed by atoms with Crippen molar-refractivity contribution in [2.75, 3.05) is 40.0 Å². The van der Waals surface area contributed by atoms with Gasteiger partial charge in [0.1, 0.15) is 19.0 Å². The number of amides is 1. The van der Waals surface area contributed by atoms with Crippen LogP contribution in [-0.2, 0) is 9.53 Å². The standard InChI is InChI=1S/C14H22N2O3/c1-12-3-5-13(6-4-12)19-10-8-16(2)14(17)11-18-9-7-15/h3-6H,7-11,15H2,1-2H3. The first-order chi connectivity index (χ1) is 9.13.